The van der Waals surface area contributed by atoms with Gasteiger partial charge in [-0.2, -0.15) is 13.2 Å². The molecule has 1 rings (SSSR count). The first kappa shape index (κ1) is 16.1. The summed E-state index contributed by atoms with van der Waals surface area (Å²) in [7, 11) is 0.0586. The summed E-state index contributed by atoms with van der Waals surface area (Å²) < 4.78 is 65.8. The van der Waals surface area contributed by atoms with Crippen LogP contribution in [0.3, 0.4) is 0 Å². The van der Waals surface area contributed by atoms with Crippen LogP contribution in [0.25, 0.3) is 0 Å². The summed E-state index contributed by atoms with van der Waals surface area (Å²) in [4.78, 5) is 0. The van der Waals surface area contributed by atoms with Crippen LogP contribution >= 0.6 is 10.7 Å². The molecular weight excluding hydrogens is 305 g/mol. The molecule has 0 fully saturated rings. The van der Waals surface area contributed by atoms with E-state index in [0.29, 0.717) is 0 Å². The topological polar surface area (TPSA) is 43.4 Å². The van der Waals surface area contributed by atoms with E-state index in [9.17, 15) is 21.6 Å². The number of rotatable bonds is 4. The van der Waals surface area contributed by atoms with E-state index in [-0.39, 0.29) is 11.9 Å². The van der Waals surface area contributed by atoms with Crippen molar-refractivity contribution >= 4 is 19.7 Å². The molecule has 8 heteroatoms. The summed E-state index contributed by atoms with van der Waals surface area (Å²) >= 11 is 0. The Kier molecular flexibility index (Phi) is 4.73. The predicted molar refractivity (Wildman–Crippen MR) is 65.8 cm³/mol. The van der Waals surface area contributed by atoms with Crippen molar-refractivity contribution in [2.45, 2.75) is 31.4 Å². The zero-order chi connectivity index (χ0) is 14.8. The van der Waals surface area contributed by atoms with Crippen molar-refractivity contribution in [2.75, 3.05) is 0 Å². The van der Waals surface area contributed by atoms with Crippen LogP contribution in [0.5, 0.6) is 5.75 Å². The predicted octanol–water partition coefficient (Wildman–Crippen LogP) is 3.65. The van der Waals surface area contributed by atoms with Crippen molar-refractivity contribution in [2.24, 2.45) is 0 Å². The van der Waals surface area contributed by atoms with Gasteiger partial charge in [0.2, 0.25) is 9.05 Å². The van der Waals surface area contributed by atoms with E-state index in [2.05, 4.69) is 0 Å². The number of benzene rings is 1. The first-order chi connectivity index (χ1) is 8.51. The molecule has 0 amide bonds. The van der Waals surface area contributed by atoms with Gasteiger partial charge >= 0.3 is 6.18 Å². The fourth-order valence-corrected chi connectivity index (χ4v) is 2.94. The molecule has 0 aliphatic rings. The molecular formula is C11H12ClF3O3S. The molecule has 0 heterocycles. The molecule has 3 nitrogen and oxygen atoms in total. The summed E-state index contributed by atoms with van der Waals surface area (Å²) in [6.45, 7) is 3.40. The Balaban J connectivity index is 3.25. The Hall–Kier alpha value is -0.950. The highest BCUT2D eigenvalue weighted by Gasteiger charge is 2.49. The van der Waals surface area contributed by atoms with Crippen LogP contribution in [-0.2, 0) is 9.05 Å². The minimum Gasteiger partial charge on any atom is -0.491 e. The molecule has 0 aliphatic carbocycles. The minimum atomic E-state index is -4.99. The van der Waals surface area contributed by atoms with E-state index in [0.717, 1.165) is 12.1 Å². The molecule has 1 atom stereocenters. The van der Waals surface area contributed by atoms with Gasteiger partial charge in [-0.15, -0.1) is 0 Å². The molecule has 0 aliphatic heterocycles. The van der Waals surface area contributed by atoms with E-state index in [1.165, 1.54) is 12.1 Å². The molecule has 1 aromatic rings. The molecule has 0 spiro atoms. The van der Waals surface area contributed by atoms with Gasteiger partial charge in [0.05, 0.1) is 6.10 Å². The van der Waals surface area contributed by atoms with Crippen LogP contribution in [-0.4, -0.2) is 20.7 Å². The van der Waals surface area contributed by atoms with Crippen molar-refractivity contribution < 1.29 is 26.3 Å². The normalized spacial score (nSPS) is 14.5. The molecule has 0 aromatic heterocycles. The van der Waals surface area contributed by atoms with Gasteiger partial charge in [0.15, 0.2) is 5.25 Å². The third kappa shape index (κ3) is 4.58. The minimum absolute atomic E-state index is 0.155. The Morgan fingerprint density at radius 2 is 1.84 bits per heavy atom. The second-order valence-electron chi connectivity index (χ2n) is 4.14. The Morgan fingerprint density at radius 1 is 1.26 bits per heavy atom. The summed E-state index contributed by atoms with van der Waals surface area (Å²) in [5, 5.41) is -2.77. The molecule has 0 N–H and O–H groups in total. The fraction of sp³-hybridized carbons (Fsp3) is 0.455. The Morgan fingerprint density at radius 3 is 2.26 bits per heavy atom. The third-order valence-corrected chi connectivity index (χ3v) is 3.75. The maximum Gasteiger partial charge on any atom is 0.410 e. The van der Waals surface area contributed by atoms with E-state index >= 15 is 0 Å². The lowest BCUT2D eigenvalue weighted by molar-refractivity contribution is -0.131. The number of ether oxygens (including phenoxy) is 1. The van der Waals surface area contributed by atoms with E-state index < -0.39 is 26.0 Å². The van der Waals surface area contributed by atoms with Crippen LogP contribution in [0.1, 0.15) is 24.7 Å². The average molecular weight is 317 g/mol. The van der Waals surface area contributed by atoms with Gasteiger partial charge in [0.25, 0.3) is 0 Å². The van der Waals surface area contributed by atoms with Gasteiger partial charge in [0, 0.05) is 10.7 Å². The van der Waals surface area contributed by atoms with Crippen LogP contribution in [0, 0.1) is 0 Å². The molecule has 108 valence electrons. The highest BCUT2D eigenvalue weighted by Crippen LogP contribution is 2.41. The molecule has 0 saturated heterocycles. The second kappa shape index (κ2) is 5.58. The largest absolute Gasteiger partial charge is 0.491 e. The molecule has 0 saturated carbocycles. The van der Waals surface area contributed by atoms with E-state index in [4.69, 9.17) is 15.4 Å². The van der Waals surface area contributed by atoms with Crippen LogP contribution in [0.4, 0.5) is 13.2 Å². The summed E-state index contributed by atoms with van der Waals surface area (Å²) in [6.07, 6.45) is -5.23. The van der Waals surface area contributed by atoms with Crippen molar-refractivity contribution in [1.29, 1.82) is 0 Å². The molecule has 1 unspecified atom stereocenters. The van der Waals surface area contributed by atoms with Crippen molar-refractivity contribution in [3.63, 3.8) is 0 Å². The number of hydrogen-bond donors (Lipinski definition) is 0. The van der Waals surface area contributed by atoms with Gasteiger partial charge in [-0.25, -0.2) is 8.42 Å². The first-order valence-electron chi connectivity index (χ1n) is 5.28. The lowest BCUT2D eigenvalue weighted by Gasteiger charge is -2.18. The lowest BCUT2D eigenvalue weighted by atomic mass is 10.1. The zero-order valence-corrected chi connectivity index (χ0v) is 11.7. The third-order valence-electron chi connectivity index (χ3n) is 2.11. The summed E-state index contributed by atoms with van der Waals surface area (Å²) in [5.74, 6) is 0.155. The maximum atomic E-state index is 12.8. The molecule has 0 radical (unpaired) electrons. The van der Waals surface area contributed by atoms with Crippen molar-refractivity contribution in [3.8, 4) is 5.75 Å². The Bertz CT molecular complexity index is 540. The lowest BCUT2D eigenvalue weighted by Crippen LogP contribution is -2.25. The van der Waals surface area contributed by atoms with Gasteiger partial charge in [-0.1, -0.05) is 12.1 Å². The summed E-state index contributed by atoms with van der Waals surface area (Å²) in [6, 6.07) is 4.80. The number of alkyl halides is 3. The van der Waals surface area contributed by atoms with Crippen molar-refractivity contribution in [1.82, 2.24) is 0 Å². The van der Waals surface area contributed by atoms with Crippen molar-refractivity contribution in [3.05, 3.63) is 29.8 Å². The molecule has 0 bridgehead atoms. The summed E-state index contributed by atoms with van der Waals surface area (Å²) in [5.41, 5.74) is -0.472. The second-order valence-corrected chi connectivity index (χ2v) is 6.85. The molecule has 19 heavy (non-hydrogen) atoms. The zero-order valence-electron chi connectivity index (χ0n) is 10.1. The standard InChI is InChI=1S/C11H12ClF3O3S/c1-7(2)18-9-5-3-4-8(6-9)10(11(13,14)15)19(12,16)17/h3-7,10H,1-2H3. The SMILES string of the molecule is CC(C)Oc1cccc(C(C(F)(F)F)S(=O)(=O)Cl)c1. The quantitative estimate of drug-likeness (QED) is 0.796. The monoisotopic (exact) mass is 316 g/mol. The highest BCUT2D eigenvalue weighted by molar-refractivity contribution is 8.14. The van der Waals surface area contributed by atoms with E-state index in [1.54, 1.807) is 13.8 Å². The fourth-order valence-electron chi connectivity index (χ4n) is 1.53. The molecule has 1 aromatic carbocycles. The van der Waals surface area contributed by atoms with Crippen LogP contribution in [0.2, 0.25) is 0 Å². The van der Waals surface area contributed by atoms with E-state index in [1.807, 2.05) is 0 Å². The Labute approximate surface area is 113 Å². The van der Waals surface area contributed by atoms with Crippen LogP contribution in [0.15, 0.2) is 24.3 Å². The van der Waals surface area contributed by atoms with Gasteiger partial charge in [0.1, 0.15) is 5.75 Å². The maximum absolute atomic E-state index is 12.8. The van der Waals surface area contributed by atoms with Gasteiger partial charge in [-0.3, -0.25) is 0 Å². The van der Waals surface area contributed by atoms with Gasteiger partial charge in [-0.05, 0) is 31.5 Å². The van der Waals surface area contributed by atoms with Gasteiger partial charge < -0.3 is 4.74 Å². The highest BCUT2D eigenvalue weighted by atomic mass is 35.7. The first-order valence-corrected chi connectivity index (χ1v) is 7.66. The average Bonchev–Trinajstić information content (AvgIpc) is 2.11. The number of hydrogen-bond acceptors (Lipinski definition) is 3. The van der Waals surface area contributed by atoms with Crippen LogP contribution < -0.4 is 4.74 Å². The number of halogens is 4. The smallest absolute Gasteiger partial charge is 0.410 e.